The predicted octanol–water partition coefficient (Wildman–Crippen LogP) is 1.29. The van der Waals surface area contributed by atoms with Crippen LogP contribution in [0.2, 0.25) is 5.15 Å². The van der Waals surface area contributed by atoms with Gasteiger partial charge in [-0.1, -0.05) is 11.6 Å². The Morgan fingerprint density at radius 3 is 3.00 bits per heavy atom. The molecule has 0 aliphatic carbocycles. The lowest BCUT2D eigenvalue weighted by atomic mass is 10.5. The van der Waals surface area contributed by atoms with Gasteiger partial charge in [0.2, 0.25) is 0 Å². The van der Waals surface area contributed by atoms with E-state index in [0.717, 1.165) is 0 Å². The van der Waals surface area contributed by atoms with Crippen LogP contribution in [0.4, 0.5) is 5.69 Å². The van der Waals surface area contributed by atoms with Crippen LogP contribution < -0.4 is 0 Å². The number of hydrogen-bond acceptors (Lipinski definition) is 4. The second-order valence-electron chi connectivity index (χ2n) is 2.34. The normalized spacial score (nSPS) is 10.5. The van der Waals surface area contributed by atoms with Gasteiger partial charge in [0.1, 0.15) is 18.0 Å². The summed E-state index contributed by atoms with van der Waals surface area (Å²) in [4.78, 5) is 13.6. The Labute approximate surface area is 76.9 Å². The van der Waals surface area contributed by atoms with E-state index in [1.807, 2.05) is 0 Å². The van der Waals surface area contributed by atoms with Crippen LogP contribution in [0.1, 0.15) is 0 Å². The third-order valence-electron chi connectivity index (χ3n) is 1.56. The van der Waals surface area contributed by atoms with Gasteiger partial charge in [-0.25, -0.2) is 9.50 Å². The maximum Gasteiger partial charge on any atom is 0.289 e. The summed E-state index contributed by atoms with van der Waals surface area (Å²) in [6.45, 7) is 0. The van der Waals surface area contributed by atoms with Gasteiger partial charge in [0.15, 0.2) is 5.15 Å². The summed E-state index contributed by atoms with van der Waals surface area (Å²) in [5.41, 5.74) is 0.373. The van der Waals surface area contributed by atoms with Crippen molar-refractivity contribution in [1.29, 1.82) is 0 Å². The third kappa shape index (κ3) is 1.20. The van der Waals surface area contributed by atoms with Crippen LogP contribution in [0.5, 0.6) is 0 Å². The van der Waals surface area contributed by atoms with Crippen molar-refractivity contribution in [3.05, 3.63) is 33.9 Å². The molecule has 0 fully saturated rings. The summed E-state index contributed by atoms with van der Waals surface area (Å²) in [5.74, 6) is 0. The number of nitrogens with zero attached hydrogens (tertiary/aromatic N) is 4. The van der Waals surface area contributed by atoms with Crippen molar-refractivity contribution in [2.45, 2.75) is 0 Å². The summed E-state index contributed by atoms with van der Waals surface area (Å²) >= 11 is 5.68. The van der Waals surface area contributed by atoms with Crippen LogP contribution in [0.25, 0.3) is 5.52 Å². The predicted molar refractivity (Wildman–Crippen MR) is 44.7 cm³/mol. The minimum Gasteiger partial charge on any atom is -0.258 e. The van der Waals surface area contributed by atoms with Gasteiger partial charge >= 0.3 is 0 Å². The second kappa shape index (κ2) is 2.67. The molecule has 6 nitrogen and oxygen atoms in total. The minimum atomic E-state index is -0.509. The summed E-state index contributed by atoms with van der Waals surface area (Å²) in [5, 5.41) is 14.3. The van der Waals surface area contributed by atoms with Crippen LogP contribution in [0.3, 0.4) is 0 Å². The maximum atomic E-state index is 10.4. The van der Waals surface area contributed by atoms with Gasteiger partial charge in [-0.3, -0.25) is 10.1 Å². The van der Waals surface area contributed by atoms with E-state index in [-0.39, 0.29) is 10.8 Å². The zero-order chi connectivity index (χ0) is 9.42. The molecule has 0 radical (unpaired) electrons. The summed E-state index contributed by atoms with van der Waals surface area (Å²) < 4.78 is 1.31. The minimum absolute atomic E-state index is 0.0533. The molecule has 13 heavy (non-hydrogen) atoms. The largest absolute Gasteiger partial charge is 0.289 e. The molecule has 0 spiro atoms. The Hall–Kier alpha value is -1.69. The van der Waals surface area contributed by atoms with Crippen molar-refractivity contribution in [2.24, 2.45) is 0 Å². The van der Waals surface area contributed by atoms with E-state index in [1.54, 1.807) is 0 Å². The molecule has 0 aliphatic heterocycles. The second-order valence-corrected chi connectivity index (χ2v) is 2.69. The molecule has 0 aliphatic rings. The fourth-order valence-corrected chi connectivity index (χ4v) is 1.17. The molecule has 0 atom stereocenters. The molecule has 0 bridgehead atoms. The molecule has 2 aromatic rings. The lowest BCUT2D eigenvalue weighted by molar-refractivity contribution is -0.384. The average Bonchev–Trinajstić information content (AvgIpc) is 2.49. The Kier molecular flexibility index (Phi) is 1.63. The van der Waals surface area contributed by atoms with Gasteiger partial charge in [0.05, 0.1) is 4.92 Å². The fourth-order valence-electron chi connectivity index (χ4n) is 0.986. The lowest BCUT2D eigenvalue weighted by Gasteiger charge is -1.90. The van der Waals surface area contributed by atoms with E-state index in [2.05, 4.69) is 10.1 Å². The van der Waals surface area contributed by atoms with E-state index < -0.39 is 4.92 Å². The molecule has 0 saturated heterocycles. The van der Waals surface area contributed by atoms with Gasteiger partial charge in [0.25, 0.3) is 5.69 Å². The quantitative estimate of drug-likeness (QED) is 0.511. The van der Waals surface area contributed by atoms with E-state index in [0.29, 0.717) is 5.52 Å². The van der Waals surface area contributed by atoms with Crippen LogP contribution >= 0.6 is 11.6 Å². The molecule has 0 saturated carbocycles. The molecule has 2 rings (SSSR count). The topological polar surface area (TPSA) is 73.3 Å². The van der Waals surface area contributed by atoms with Gasteiger partial charge in [-0.05, 0) is 0 Å². The Bertz CT molecular complexity index is 480. The van der Waals surface area contributed by atoms with E-state index in [9.17, 15) is 10.1 Å². The van der Waals surface area contributed by atoms with Crippen LogP contribution in [0, 0.1) is 10.1 Å². The highest BCUT2D eigenvalue weighted by atomic mass is 35.5. The number of nitro groups is 1. The van der Waals surface area contributed by atoms with Crippen molar-refractivity contribution >= 4 is 22.8 Å². The van der Waals surface area contributed by atoms with Crippen molar-refractivity contribution in [1.82, 2.24) is 14.6 Å². The van der Waals surface area contributed by atoms with Crippen molar-refractivity contribution < 1.29 is 4.92 Å². The Morgan fingerprint density at radius 1 is 1.62 bits per heavy atom. The first-order valence-corrected chi connectivity index (χ1v) is 3.69. The summed E-state index contributed by atoms with van der Waals surface area (Å²) in [6, 6.07) is 1.32. The highest BCUT2D eigenvalue weighted by molar-refractivity contribution is 6.32. The van der Waals surface area contributed by atoms with Crippen LogP contribution in [-0.4, -0.2) is 19.5 Å². The first-order valence-electron chi connectivity index (χ1n) is 3.32. The molecule has 0 amide bonds. The van der Waals surface area contributed by atoms with Gasteiger partial charge < -0.3 is 0 Å². The molecule has 66 valence electrons. The molecular weight excluding hydrogens is 196 g/mol. The Morgan fingerprint density at radius 2 is 2.38 bits per heavy atom. The molecule has 0 N–H and O–H groups in total. The van der Waals surface area contributed by atoms with Gasteiger partial charge in [-0.15, -0.1) is 0 Å². The maximum absolute atomic E-state index is 10.4. The van der Waals surface area contributed by atoms with Gasteiger partial charge in [-0.2, -0.15) is 5.10 Å². The van der Waals surface area contributed by atoms with E-state index >= 15 is 0 Å². The molecule has 2 aromatic heterocycles. The highest BCUT2D eigenvalue weighted by Crippen LogP contribution is 2.20. The monoisotopic (exact) mass is 198 g/mol. The van der Waals surface area contributed by atoms with E-state index in [1.165, 1.54) is 23.1 Å². The van der Waals surface area contributed by atoms with E-state index in [4.69, 9.17) is 11.6 Å². The first-order chi connectivity index (χ1) is 6.18. The lowest BCUT2D eigenvalue weighted by Crippen LogP contribution is -1.90. The van der Waals surface area contributed by atoms with Crippen molar-refractivity contribution in [3.63, 3.8) is 0 Å². The highest BCUT2D eigenvalue weighted by Gasteiger charge is 2.12. The smallest absolute Gasteiger partial charge is 0.258 e. The summed E-state index contributed by atoms with van der Waals surface area (Å²) in [6.07, 6.45) is 2.52. The number of rotatable bonds is 1. The number of halogens is 1. The number of hydrogen-bond donors (Lipinski definition) is 0. The zero-order valence-electron chi connectivity index (χ0n) is 6.22. The van der Waals surface area contributed by atoms with Gasteiger partial charge in [0, 0.05) is 6.07 Å². The van der Waals surface area contributed by atoms with Crippen molar-refractivity contribution in [3.8, 4) is 0 Å². The first kappa shape index (κ1) is 7.93. The van der Waals surface area contributed by atoms with Crippen LogP contribution in [0.15, 0.2) is 18.6 Å². The summed E-state index contributed by atoms with van der Waals surface area (Å²) in [7, 11) is 0. The fraction of sp³-hybridized carbons (Fsp3) is 0. The number of fused-ring (bicyclic) bond motifs is 1. The Balaban J connectivity index is 2.75. The van der Waals surface area contributed by atoms with Crippen molar-refractivity contribution in [2.75, 3.05) is 0 Å². The SMILES string of the molecule is O=[N+]([O-])c1cc2c(Cl)ncnn2c1. The number of aromatic nitrogens is 3. The average molecular weight is 199 g/mol. The zero-order valence-corrected chi connectivity index (χ0v) is 6.97. The molecule has 2 heterocycles. The molecule has 0 aromatic carbocycles. The molecule has 7 heteroatoms. The third-order valence-corrected chi connectivity index (χ3v) is 1.85. The molecular formula is C6H3ClN4O2. The molecule has 0 unspecified atom stereocenters. The standard InChI is InChI=1S/C6H3ClN4O2/c7-6-5-1-4(11(12)13)2-10(5)9-3-8-6/h1-3H. The van der Waals surface area contributed by atoms with Crippen LogP contribution in [-0.2, 0) is 0 Å².